The van der Waals surface area contributed by atoms with Crippen LogP contribution in [0.4, 0.5) is 0 Å². The maximum absolute atomic E-state index is 4.66. The molecule has 0 atom stereocenters. The smallest absolute Gasteiger partial charge is 0.191 e. The highest BCUT2D eigenvalue weighted by molar-refractivity contribution is 14.0. The molecule has 1 aromatic heterocycles. The average molecular weight is 474 g/mol. The highest BCUT2D eigenvalue weighted by Crippen LogP contribution is 2.22. The fraction of sp³-hybridized carbons (Fsp3) is 0.526. The highest BCUT2D eigenvalue weighted by Gasteiger charge is 2.06. The van der Waals surface area contributed by atoms with E-state index in [0.29, 0.717) is 0 Å². The summed E-state index contributed by atoms with van der Waals surface area (Å²) in [6, 6.07) is 6.41. The number of aromatic amines is 1. The number of fused-ring (bicyclic) bond motifs is 1. The van der Waals surface area contributed by atoms with Crippen molar-refractivity contribution in [2.45, 2.75) is 33.1 Å². The number of benzene rings is 1. The first kappa shape index (κ1) is 22.2. The summed E-state index contributed by atoms with van der Waals surface area (Å²) in [5.74, 6) is 2.15. The van der Waals surface area contributed by atoms with Crippen molar-refractivity contribution in [3.8, 4) is 0 Å². The van der Waals surface area contributed by atoms with E-state index in [2.05, 4.69) is 65.1 Å². The number of unbranched alkanes of at least 4 members (excludes halogenated alkanes) is 1. The Kier molecular flexibility index (Phi) is 11.0. The number of aliphatic imine (C=N–C) groups is 1. The Bertz CT molecular complexity index is 654. The van der Waals surface area contributed by atoms with Crippen molar-refractivity contribution in [1.82, 2.24) is 15.6 Å². The number of nitrogens with one attached hydrogen (secondary N) is 3. The van der Waals surface area contributed by atoms with Crippen molar-refractivity contribution in [3.63, 3.8) is 0 Å². The number of H-pyrrole nitrogens is 1. The van der Waals surface area contributed by atoms with E-state index in [9.17, 15) is 0 Å². The van der Waals surface area contributed by atoms with Crippen LogP contribution in [0.5, 0.6) is 0 Å². The van der Waals surface area contributed by atoms with Gasteiger partial charge in [0.25, 0.3) is 0 Å². The van der Waals surface area contributed by atoms with Gasteiger partial charge in [-0.15, -0.1) is 24.0 Å². The third kappa shape index (κ3) is 7.09. The summed E-state index contributed by atoms with van der Waals surface area (Å²) in [7, 11) is 0. The first-order valence-corrected chi connectivity index (χ1v) is 10.2. The minimum atomic E-state index is 0. The number of nitrogens with zero attached hydrogens (tertiary/aromatic N) is 1. The molecule has 6 heteroatoms. The van der Waals surface area contributed by atoms with Crippen LogP contribution in [0.2, 0.25) is 0 Å². The van der Waals surface area contributed by atoms with Crippen LogP contribution in [0.3, 0.4) is 0 Å². The van der Waals surface area contributed by atoms with Gasteiger partial charge in [0.2, 0.25) is 0 Å². The van der Waals surface area contributed by atoms with Crippen molar-refractivity contribution in [2.24, 2.45) is 4.99 Å². The second kappa shape index (κ2) is 12.5. The molecular weight excluding hydrogens is 443 g/mol. The fourth-order valence-electron chi connectivity index (χ4n) is 2.85. The van der Waals surface area contributed by atoms with Gasteiger partial charge >= 0.3 is 0 Å². The van der Waals surface area contributed by atoms with E-state index < -0.39 is 0 Å². The molecule has 140 valence electrons. The second-order valence-electron chi connectivity index (χ2n) is 5.95. The largest absolute Gasteiger partial charge is 0.361 e. The minimum absolute atomic E-state index is 0. The highest BCUT2D eigenvalue weighted by atomic mass is 127. The molecule has 0 fully saturated rings. The fourth-order valence-corrected chi connectivity index (χ4v) is 3.35. The van der Waals surface area contributed by atoms with E-state index in [1.165, 1.54) is 34.2 Å². The van der Waals surface area contributed by atoms with Crippen LogP contribution >= 0.6 is 35.7 Å². The summed E-state index contributed by atoms with van der Waals surface area (Å²) in [5.41, 5.74) is 3.92. The molecular formula is C19H31IN4S. The van der Waals surface area contributed by atoms with Crippen molar-refractivity contribution in [3.05, 3.63) is 35.5 Å². The van der Waals surface area contributed by atoms with Gasteiger partial charge in [-0.1, -0.05) is 12.1 Å². The number of hydrogen-bond acceptors (Lipinski definition) is 2. The summed E-state index contributed by atoms with van der Waals surface area (Å²) in [5, 5.41) is 8.14. The van der Waals surface area contributed by atoms with Gasteiger partial charge in [0, 0.05) is 36.7 Å². The number of aromatic nitrogens is 1. The Morgan fingerprint density at radius 2 is 2.08 bits per heavy atom. The van der Waals surface area contributed by atoms with Gasteiger partial charge in [-0.25, -0.2) is 0 Å². The molecule has 0 saturated heterocycles. The van der Waals surface area contributed by atoms with Crippen LogP contribution in [0.1, 0.15) is 30.9 Å². The second-order valence-corrected chi connectivity index (χ2v) is 6.93. The Hall–Kier alpha value is -0.890. The summed E-state index contributed by atoms with van der Waals surface area (Å²) >= 11 is 1.90. The van der Waals surface area contributed by atoms with Crippen LogP contribution in [-0.2, 0) is 6.42 Å². The van der Waals surface area contributed by atoms with Crippen LogP contribution in [-0.4, -0.2) is 42.6 Å². The lowest BCUT2D eigenvalue weighted by molar-refractivity contribution is 0.771. The Balaban J connectivity index is 0.00000312. The predicted octanol–water partition coefficient (Wildman–Crippen LogP) is 4.34. The summed E-state index contributed by atoms with van der Waals surface area (Å²) in [4.78, 5) is 8.03. The number of halogens is 1. The molecule has 0 spiro atoms. The lowest BCUT2D eigenvalue weighted by atomic mass is 10.1. The topological polar surface area (TPSA) is 52.2 Å². The molecule has 0 radical (unpaired) electrons. The number of rotatable bonds is 9. The van der Waals surface area contributed by atoms with Crippen LogP contribution in [0.15, 0.2) is 29.4 Å². The van der Waals surface area contributed by atoms with E-state index in [1.807, 2.05) is 11.8 Å². The Morgan fingerprint density at radius 3 is 2.84 bits per heavy atom. The molecule has 1 heterocycles. The molecule has 0 aliphatic carbocycles. The van der Waals surface area contributed by atoms with Gasteiger partial charge in [0.1, 0.15) is 0 Å². The van der Waals surface area contributed by atoms with Gasteiger partial charge < -0.3 is 15.6 Å². The Labute approximate surface area is 173 Å². The van der Waals surface area contributed by atoms with Crippen molar-refractivity contribution < 1.29 is 0 Å². The van der Waals surface area contributed by atoms with Gasteiger partial charge in [-0.3, -0.25) is 4.99 Å². The summed E-state index contributed by atoms with van der Waals surface area (Å²) < 4.78 is 0. The first-order chi connectivity index (χ1) is 11.8. The summed E-state index contributed by atoms with van der Waals surface area (Å²) in [6.07, 6.45) is 7.66. The molecule has 0 saturated carbocycles. The van der Waals surface area contributed by atoms with E-state index in [0.717, 1.165) is 38.4 Å². The molecule has 0 aliphatic heterocycles. The predicted molar refractivity (Wildman–Crippen MR) is 124 cm³/mol. The van der Waals surface area contributed by atoms with Crippen molar-refractivity contribution >= 4 is 52.6 Å². The molecule has 0 aliphatic rings. The summed E-state index contributed by atoms with van der Waals surface area (Å²) in [6.45, 7) is 6.95. The SMILES string of the molecule is CCNC(=NCCCCSC)NCCc1c[nH]c2cccc(C)c12.I. The molecule has 2 rings (SSSR count). The van der Waals surface area contributed by atoms with Crippen LogP contribution in [0, 0.1) is 6.92 Å². The van der Waals surface area contributed by atoms with E-state index in [4.69, 9.17) is 0 Å². The maximum atomic E-state index is 4.66. The average Bonchev–Trinajstić information content (AvgIpc) is 2.99. The van der Waals surface area contributed by atoms with E-state index in [-0.39, 0.29) is 24.0 Å². The Morgan fingerprint density at radius 1 is 1.24 bits per heavy atom. The quantitative estimate of drug-likeness (QED) is 0.220. The van der Waals surface area contributed by atoms with Crippen molar-refractivity contribution in [1.29, 1.82) is 0 Å². The molecule has 2 aromatic rings. The number of hydrogen-bond donors (Lipinski definition) is 3. The molecule has 4 nitrogen and oxygen atoms in total. The number of aryl methyl sites for hydroxylation is 1. The lowest BCUT2D eigenvalue weighted by Crippen LogP contribution is -2.38. The van der Waals surface area contributed by atoms with E-state index in [1.54, 1.807) is 0 Å². The van der Waals surface area contributed by atoms with Gasteiger partial charge in [0.15, 0.2) is 5.96 Å². The molecule has 3 N–H and O–H groups in total. The zero-order chi connectivity index (χ0) is 17.2. The minimum Gasteiger partial charge on any atom is -0.361 e. The van der Waals surface area contributed by atoms with Crippen molar-refractivity contribution in [2.75, 3.05) is 31.6 Å². The van der Waals surface area contributed by atoms with Crippen LogP contribution < -0.4 is 10.6 Å². The maximum Gasteiger partial charge on any atom is 0.191 e. The normalized spacial score (nSPS) is 11.4. The van der Waals surface area contributed by atoms with Gasteiger partial charge in [-0.2, -0.15) is 11.8 Å². The molecule has 0 amide bonds. The van der Waals surface area contributed by atoms with Gasteiger partial charge in [-0.05, 0) is 62.3 Å². The lowest BCUT2D eigenvalue weighted by Gasteiger charge is -2.11. The third-order valence-corrected chi connectivity index (χ3v) is 4.75. The zero-order valence-electron chi connectivity index (χ0n) is 15.5. The van der Waals surface area contributed by atoms with E-state index >= 15 is 0 Å². The molecule has 1 aromatic carbocycles. The third-order valence-electron chi connectivity index (χ3n) is 4.05. The molecule has 25 heavy (non-hydrogen) atoms. The monoisotopic (exact) mass is 474 g/mol. The number of thioether (sulfide) groups is 1. The number of guanidine groups is 1. The zero-order valence-corrected chi connectivity index (χ0v) is 18.7. The first-order valence-electron chi connectivity index (χ1n) is 8.83. The molecule has 0 unspecified atom stereocenters. The molecule has 0 bridgehead atoms. The van der Waals surface area contributed by atoms with Gasteiger partial charge in [0.05, 0.1) is 0 Å². The van der Waals surface area contributed by atoms with Crippen LogP contribution in [0.25, 0.3) is 10.9 Å². The standard InChI is InChI=1S/C19H30N4S.HI/c1-4-20-19(21-11-5-6-13-24-3)22-12-10-16-14-23-17-9-7-8-15(2)18(16)17;/h7-9,14,23H,4-6,10-13H2,1-3H3,(H2,20,21,22);1H.